The summed E-state index contributed by atoms with van der Waals surface area (Å²) in [5, 5.41) is 7.20. The first-order chi connectivity index (χ1) is 15.5. The van der Waals surface area contributed by atoms with Crippen LogP contribution in [-0.4, -0.2) is 17.3 Å². The number of nitrogens with zero attached hydrogens (tertiary/aromatic N) is 2. The van der Waals surface area contributed by atoms with Crippen molar-refractivity contribution in [2.45, 2.75) is 45.4 Å². The summed E-state index contributed by atoms with van der Waals surface area (Å²) in [5.41, 5.74) is 5.79. The van der Waals surface area contributed by atoms with Crippen molar-refractivity contribution in [3.63, 3.8) is 0 Å². The van der Waals surface area contributed by atoms with Gasteiger partial charge in [0.15, 0.2) is 0 Å². The monoisotopic (exact) mass is 490 g/mol. The van der Waals surface area contributed by atoms with Crippen molar-refractivity contribution in [1.29, 1.82) is 0 Å². The molecule has 2 heterocycles. The topological polar surface area (TPSA) is 34.1 Å². The summed E-state index contributed by atoms with van der Waals surface area (Å²) in [7, 11) is 0. The van der Waals surface area contributed by atoms with E-state index in [1.54, 1.807) is 0 Å². The van der Waals surface area contributed by atoms with Crippen LogP contribution in [0, 0.1) is 0 Å². The average Bonchev–Trinajstić information content (AvgIpc) is 3.25. The SMILES string of the molecule is CCOc1ccc(C2=NN3[C@H](C2)c2cc(Br)ccc2O[C@@H]3c2ccc(C(C)C)cc2)cc1. The van der Waals surface area contributed by atoms with E-state index in [0.29, 0.717) is 12.5 Å². The van der Waals surface area contributed by atoms with E-state index in [2.05, 4.69) is 83.3 Å². The lowest BCUT2D eigenvalue weighted by atomic mass is 9.95. The molecular weight excluding hydrogens is 464 g/mol. The zero-order valence-corrected chi connectivity index (χ0v) is 20.2. The van der Waals surface area contributed by atoms with Crippen LogP contribution < -0.4 is 9.47 Å². The predicted octanol–water partition coefficient (Wildman–Crippen LogP) is 7.21. The fourth-order valence-corrected chi connectivity index (χ4v) is 4.79. The van der Waals surface area contributed by atoms with E-state index in [-0.39, 0.29) is 12.3 Å². The van der Waals surface area contributed by atoms with Gasteiger partial charge in [0.1, 0.15) is 11.5 Å². The second-order valence-electron chi connectivity index (χ2n) is 8.58. The Morgan fingerprint density at radius 1 is 1.06 bits per heavy atom. The molecule has 4 nitrogen and oxygen atoms in total. The van der Waals surface area contributed by atoms with E-state index in [1.165, 1.54) is 11.1 Å². The quantitative estimate of drug-likeness (QED) is 0.378. The molecule has 0 radical (unpaired) electrons. The normalized spacial score (nSPS) is 19.3. The molecule has 32 heavy (non-hydrogen) atoms. The van der Waals surface area contributed by atoms with Gasteiger partial charge in [-0.3, -0.25) is 0 Å². The van der Waals surface area contributed by atoms with Crippen molar-refractivity contribution >= 4 is 21.6 Å². The number of ether oxygens (including phenoxy) is 2. The number of fused-ring (bicyclic) bond motifs is 3. The molecule has 0 aliphatic carbocycles. The standard InChI is InChI=1S/C27H27BrN2O2/c1-4-31-22-12-9-19(10-13-22)24-16-25-23-15-21(28)11-14-26(23)32-27(30(25)29-24)20-7-5-18(6-8-20)17(2)3/h5-15,17,25,27H,4,16H2,1-3H3/t25-,27-/m1/s1. The number of benzene rings is 3. The van der Waals surface area contributed by atoms with Crippen molar-refractivity contribution in [3.8, 4) is 11.5 Å². The number of halogens is 1. The molecule has 2 aliphatic rings. The minimum atomic E-state index is -0.255. The maximum absolute atomic E-state index is 6.50. The number of hydrogen-bond donors (Lipinski definition) is 0. The van der Waals surface area contributed by atoms with Gasteiger partial charge in [0.2, 0.25) is 6.23 Å². The van der Waals surface area contributed by atoms with Crippen LogP contribution in [-0.2, 0) is 0 Å². The third-order valence-corrected chi connectivity index (χ3v) is 6.63. The highest BCUT2D eigenvalue weighted by Gasteiger charge is 2.41. The molecule has 0 fully saturated rings. The van der Waals surface area contributed by atoms with Crippen molar-refractivity contribution in [2.24, 2.45) is 5.10 Å². The molecule has 0 bridgehead atoms. The maximum Gasteiger partial charge on any atom is 0.213 e. The zero-order valence-electron chi connectivity index (χ0n) is 18.6. The van der Waals surface area contributed by atoms with Gasteiger partial charge in [0.05, 0.1) is 18.4 Å². The highest BCUT2D eigenvalue weighted by atomic mass is 79.9. The van der Waals surface area contributed by atoms with Gasteiger partial charge in [0.25, 0.3) is 0 Å². The molecule has 0 amide bonds. The van der Waals surface area contributed by atoms with Gasteiger partial charge < -0.3 is 9.47 Å². The van der Waals surface area contributed by atoms with E-state index in [0.717, 1.165) is 39.2 Å². The molecule has 0 unspecified atom stereocenters. The fraction of sp³-hybridized carbons (Fsp3) is 0.296. The van der Waals surface area contributed by atoms with Crippen molar-refractivity contribution in [1.82, 2.24) is 5.01 Å². The Balaban J connectivity index is 1.52. The first kappa shape index (κ1) is 21.1. The average molecular weight is 491 g/mol. The summed E-state index contributed by atoms with van der Waals surface area (Å²) in [5.74, 6) is 2.31. The van der Waals surface area contributed by atoms with Crippen molar-refractivity contribution < 1.29 is 9.47 Å². The summed E-state index contributed by atoms with van der Waals surface area (Å²) in [4.78, 5) is 0. The van der Waals surface area contributed by atoms with Crippen LogP contribution >= 0.6 is 15.9 Å². The lowest BCUT2D eigenvalue weighted by molar-refractivity contribution is -0.0190. The Morgan fingerprint density at radius 3 is 2.50 bits per heavy atom. The highest BCUT2D eigenvalue weighted by Crippen LogP contribution is 2.48. The Hall–Kier alpha value is -2.79. The summed E-state index contributed by atoms with van der Waals surface area (Å²) >= 11 is 3.63. The summed E-state index contributed by atoms with van der Waals surface area (Å²) in [6.45, 7) is 7.08. The van der Waals surface area contributed by atoms with Crippen LogP contribution in [0.25, 0.3) is 0 Å². The van der Waals surface area contributed by atoms with Crippen LogP contribution in [0.4, 0.5) is 0 Å². The predicted molar refractivity (Wildman–Crippen MR) is 131 cm³/mol. The fourth-order valence-electron chi connectivity index (χ4n) is 4.41. The van der Waals surface area contributed by atoms with E-state index < -0.39 is 0 Å². The molecule has 0 aromatic heterocycles. The summed E-state index contributed by atoms with van der Waals surface area (Å²) < 4.78 is 13.2. The molecule has 0 spiro atoms. The molecular formula is C27H27BrN2O2. The summed E-state index contributed by atoms with van der Waals surface area (Å²) in [6, 6.07) is 23.3. The molecule has 5 heteroatoms. The van der Waals surface area contributed by atoms with E-state index in [1.807, 2.05) is 25.1 Å². The van der Waals surface area contributed by atoms with Crippen LogP contribution in [0.5, 0.6) is 11.5 Å². The maximum atomic E-state index is 6.50. The first-order valence-corrected chi connectivity index (χ1v) is 12.0. The van der Waals surface area contributed by atoms with E-state index in [4.69, 9.17) is 14.6 Å². The molecule has 164 valence electrons. The lowest BCUT2D eigenvalue weighted by Gasteiger charge is -2.38. The zero-order chi connectivity index (χ0) is 22.2. The Kier molecular flexibility index (Phi) is 5.68. The second kappa shape index (κ2) is 8.62. The Labute approximate surface area is 198 Å². The molecule has 2 aliphatic heterocycles. The first-order valence-electron chi connectivity index (χ1n) is 11.2. The van der Waals surface area contributed by atoms with Gasteiger partial charge in [-0.1, -0.05) is 54.0 Å². The van der Waals surface area contributed by atoms with Gasteiger partial charge in [-0.25, -0.2) is 5.01 Å². The third-order valence-electron chi connectivity index (χ3n) is 6.14. The largest absolute Gasteiger partial charge is 0.494 e. The minimum Gasteiger partial charge on any atom is -0.494 e. The van der Waals surface area contributed by atoms with Crippen LogP contribution in [0.3, 0.4) is 0 Å². The van der Waals surface area contributed by atoms with Gasteiger partial charge in [-0.15, -0.1) is 0 Å². The van der Waals surface area contributed by atoms with Crippen molar-refractivity contribution in [2.75, 3.05) is 6.61 Å². The minimum absolute atomic E-state index is 0.132. The number of hydrazone groups is 1. The second-order valence-corrected chi connectivity index (χ2v) is 9.49. The number of hydrogen-bond acceptors (Lipinski definition) is 4. The van der Waals surface area contributed by atoms with E-state index in [9.17, 15) is 0 Å². The van der Waals surface area contributed by atoms with Gasteiger partial charge in [-0.2, -0.15) is 5.10 Å². The molecule has 0 saturated carbocycles. The molecule has 3 aromatic carbocycles. The van der Waals surface area contributed by atoms with E-state index >= 15 is 0 Å². The third kappa shape index (κ3) is 3.90. The lowest BCUT2D eigenvalue weighted by Crippen LogP contribution is -2.33. The summed E-state index contributed by atoms with van der Waals surface area (Å²) in [6.07, 6.45) is 0.580. The van der Waals surface area contributed by atoms with Crippen LogP contribution in [0.15, 0.2) is 76.3 Å². The smallest absolute Gasteiger partial charge is 0.213 e. The highest BCUT2D eigenvalue weighted by molar-refractivity contribution is 9.10. The van der Waals surface area contributed by atoms with Gasteiger partial charge in [0, 0.05) is 22.0 Å². The number of rotatable bonds is 5. The van der Waals surface area contributed by atoms with Gasteiger partial charge >= 0.3 is 0 Å². The van der Waals surface area contributed by atoms with Crippen LogP contribution in [0.2, 0.25) is 0 Å². The molecule has 0 saturated heterocycles. The molecule has 2 atom stereocenters. The van der Waals surface area contributed by atoms with Crippen molar-refractivity contribution in [3.05, 3.63) is 93.5 Å². The molecule has 5 rings (SSSR count). The Morgan fingerprint density at radius 2 is 1.81 bits per heavy atom. The van der Waals surface area contributed by atoms with Crippen LogP contribution in [0.1, 0.15) is 67.6 Å². The molecule has 3 aromatic rings. The van der Waals surface area contributed by atoms with Gasteiger partial charge in [-0.05, 0) is 66.4 Å². The Bertz CT molecular complexity index is 1140. The molecule has 0 N–H and O–H groups in total.